The van der Waals surface area contributed by atoms with E-state index >= 15 is 0 Å². The Kier molecular flexibility index (Phi) is 4.09. The summed E-state index contributed by atoms with van der Waals surface area (Å²) in [5.74, 6) is -0.974. The number of rotatable bonds is 4. The fourth-order valence-electron chi connectivity index (χ4n) is 1.47. The smallest absolute Gasteiger partial charge is 0.323 e. The normalized spacial score (nSPS) is 9.82. The number of carbonyl (C=O) groups excluding carboxylic acids is 1. The summed E-state index contributed by atoms with van der Waals surface area (Å²) in [6.45, 7) is 1.52. The maximum Gasteiger partial charge on any atom is 0.323 e. The second kappa shape index (κ2) is 5.34. The van der Waals surface area contributed by atoms with E-state index in [0.717, 1.165) is 10.5 Å². The van der Waals surface area contributed by atoms with E-state index in [0.29, 0.717) is 11.3 Å². The largest absolute Gasteiger partial charge is 0.496 e. The monoisotopic (exact) mass is 237 g/mol. The Balaban J connectivity index is 3.02. The number of aryl methyl sites for hydroxylation is 1. The van der Waals surface area contributed by atoms with Crippen molar-refractivity contribution in [2.45, 2.75) is 6.92 Å². The Bertz CT molecular complexity index is 442. The molecule has 0 fully saturated rings. The van der Waals surface area contributed by atoms with Crippen LogP contribution in [0.3, 0.4) is 0 Å². The predicted octanol–water partition coefficient (Wildman–Crippen LogP) is 1.16. The lowest BCUT2D eigenvalue weighted by Gasteiger charge is -2.16. The highest BCUT2D eigenvalue weighted by atomic mass is 16.5. The average molecular weight is 237 g/mol. The van der Waals surface area contributed by atoms with Crippen molar-refractivity contribution in [3.63, 3.8) is 0 Å². The second-order valence-electron chi connectivity index (χ2n) is 3.76. The van der Waals surface area contributed by atoms with E-state index in [1.54, 1.807) is 12.1 Å². The number of methoxy groups -OCH3 is 1. The summed E-state index contributed by atoms with van der Waals surface area (Å²) in [5.41, 5.74) is 1.29. The van der Waals surface area contributed by atoms with E-state index in [1.807, 2.05) is 13.0 Å². The molecule has 0 spiro atoms. The Labute approximate surface area is 99.6 Å². The van der Waals surface area contributed by atoms with Gasteiger partial charge < -0.3 is 14.7 Å². The molecule has 1 amide bonds. The third-order valence-electron chi connectivity index (χ3n) is 2.30. The van der Waals surface area contributed by atoms with Gasteiger partial charge in [0.05, 0.1) is 12.7 Å². The number of hydrogen-bond donors (Lipinski definition) is 1. The molecule has 0 bridgehead atoms. The Morgan fingerprint density at radius 2 is 2.06 bits per heavy atom. The van der Waals surface area contributed by atoms with Crippen molar-refractivity contribution < 1.29 is 19.4 Å². The maximum absolute atomic E-state index is 12.0. The molecule has 0 radical (unpaired) electrons. The minimum atomic E-state index is -1.05. The Morgan fingerprint density at radius 1 is 1.41 bits per heavy atom. The Morgan fingerprint density at radius 3 is 2.59 bits per heavy atom. The SMILES string of the molecule is COc1ccc(C)cc1C(=O)N(C)CC(=O)O. The van der Waals surface area contributed by atoms with Crippen molar-refractivity contribution in [1.29, 1.82) is 0 Å². The quantitative estimate of drug-likeness (QED) is 0.853. The molecule has 0 atom stereocenters. The minimum absolute atomic E-state index is 0.337. The van der Waals surface area contributed by atoms with Gasteiger partial charge in [-0.2, -0.15) is 0 Å². The lowest BCUT2D eigenvalue weighted by molar-refractivity contribution is -0.137. The topological polar surface area (TPSA) is 66.8 Å². The van der Waals surface area contributed by atoms with Crippen molar-refractivity contribution in [2.75, 3.05) is 20.7 Å². The summed E-state index contributed by atoms with van der Waals surface area (Å²) in [6.07, 6.45) is 0. The molecule has 0 saturated heterocycles. The predicted molar refractivity (Wildman–Crippen MR) is 62.3 cm³/mol. The highest BCUT2D eigenvalue weighted by molar-refractivity contribution is 5.98. The fraction of sp³-hybridized carbons (Fsp3) is 0.333. The van der Waals surface area contributed by atoms with Gasteiger partial charge in [-0.15, -0.1) is 0 Å². The number of carboxylic acid groups (broad SMARTS) is 1. The van der Waals surface area contributed by atoms with Gasteiger partial charge in [-0.1, -0.05) is 11.6 Å². The van der Waals surface area contributed by atoms with E-state index in [2.05, 4.69) is 0 Å². The lowest BCUT2D eigenvalue weighted by Crippen LogP contribution is -2.32. The summed E-state index contributed by atoms with van der Waals surface area (Å²) in [6, 6.07) is 5.20. The number of aliphatic carboxylic acids is 1. The molecule has 0 saturated carbocycles. The van der Waals surface area contributed by atoms with Crippen LogP contribution in [0.25, 0.3) is 0 Å². The highest BCUT2D eigenvalue weighted by Gasteiger charge is 2.18. The molecule has 0 aromatic heterocycles. The zero-order valence-corrected chi connectivity index (χ0v) is 10.1. The molecule has 1 N–H and O–H groups in total. The van der Waals surface area contributed by atoms with Crippen molar-refractivity contribution in [1.82, 2.24) is 4.90 Å². The maximum atomic E-state index is 12.0. The van der Waals surface area contributed by atoms with Gasteiger partial charge in [0.25, 0.3) is 5.91 Å². The van der Waals surface area contributed by atoms with Gasteiger partial charge in [-0.25, -0.2) is 0 Å². The van der Waals surface area contributed by atoms with Gasteiger partial charge >= 0.3 is 5.97 Å². The number of ether oxygens (including phenoxy) is 1. The van der Waals surface area contributed by atoms with Crippen LogP contribution in [0.4, 0.5) is 0 Å². The van der Waals surface area contributed by atoms with Crippen molar-refractivity contribution >= 4 is 11.9 Å². The number of hydrogen-bond acceptors (Lipinski definition) is 3. The number of amides is 1. The van der Waals surface area contributed by atoms with Crippen LogP contribution in [0.15, 0.2) is 18.2 Å². The average Bonchev–Trinajstić information content (AvgIpc) is 2.27. The molecular formula is C12H15NO4. The molecule has 17 heavy (non-hydrogen) atoms. The number of benzene rings is 1. The molecule has 5 heteroatoms. The van der Waals surface area contributed by atoms with Gasteiger partial charge in [0.1, 0.15) is 12.3 Å². The summed E-state index contributed by atoms with van der Waals surface area (Å²) in [7, 11) is 2.91. The number of nitrogens with zero attached hydrogens (tertiary/aromatic N) is 1. The number of carbonyl (C=O) groups is 2. The first kappa shape index (κ1) is 13.0. The van der Waals surface area contributed by atoms with Crippen molar-refractivity contribution in [2.24, 2.45) is 0 Å². The molecule has 5 nitrogen and oxygen atoms in total. The van der Waals surface area contributed by atoms with Crippen LogP contribution in [-0.2, 0) is 4.79 Å². The molecular weight excluding hydrogens is 222 g/mol. The molecule has 0 aliphatic carbocycles. The van der Waals surface area contributed by atoms with Gasteiger partial charge in [-0.3, -0.25) is 9.59 Å². The van der Waals surface area contributed by atoms with Crippen LogP contribution in [0.2, 0.25) is 0 Å². The first-order valence-corrected chi connectivity index (χ1v) is 5.07. The van der Waals surface area contributed by atoms with Crippen molar-refractivity contribution in [3.05, 3.63) is 29.3 Å². The van der Waals surface area contributed by atoms with E-state index < -0.39 is 5.97 Å². The van der Waals surface area contributed by atoms with Crippen LogP contribution in [0.5, 0.6) is 5.75 Å². The van der Waals surface area contributed by atoms with Gasteiger partial charge in [0.2, 0.25) is 0 Å². The number of likely N-dealkylation sites (N-methyl/N-ethyl adjacent to an activating group) is 1. The molecule has 1 aromatic rings. The molecule has 0 heterocycles. The van der Waals surface area contributed by atoms with Crippen LogP contribution >= 0.6 is 0 Å². The van der Waals surface area contributed by atoms with E-state index in [1.165, 1.54) is 14.2 Å². The van der Waals surface area contributed by atoms with Gasteiger partial charge in [0.15, 0.2) is 0 Å². The van der Waals surface area contributed by atoms with Gasteiger partial charge in [-0.05, 0) is 19.1 Å². The molecule has 1 rings (SSSR count). The molecule has 92 valence electrons. The van der Waals surface area contributed by atoms with Gasteiger partial charge in [0, 0.05) is 7.05 Å². The first-order chi connectivity index (χ1) is 7.95. The molecule has 0 unspecified atom stereocenters. The summed E-state index contributed by atoms with van der Waals surface area (Å²) in [5, 5.41) is 8.64. The zero-order valence-electron chi connectivity index (χ0n) is 10.1. The number of carboxylic acids is 1. The van der Waals surface area contributed by atoms with Crippen LogP contribution in [-0.4, -0.2) is 42.6 Å². The standard InChI is InChI=1S/C12H15NO4/c1-8-4-5-10(17-3)9(6-8)12(16)13(2)7-11(14)15/h4-6H,7H2,1-3H3,(H,14,15). The minimum Gasteiger partial charge on any atom is -0.496 e. The van der Waals surface area contributed by atoms with E-state index in [-0.39, 0.29) is 12.5 Å². The van der Waals surface area contributed by atoms with Crippen LogP contribution in [0, 0.1) is 6.92 Å². The summed E-state index contributed by atoms with van der Waals surface area (Å²) in [4.78, 5) is 23.7. The zero-order chi connectivity index (χ0) is 13.0. The summed E-state index contributed by atoms with van der Waals surface area (Å²) >= 11 is 0. The fourth-order valence-corrected chi connectivity index (χ4v) is 1.47. The third kappa shape index (κ3) is 3.21. The van der Waals surface area contributed by atoms with E-state index in [9.17, 15) is 9.59 Å². The van der Waals surface area contributed by atoms with Crippen molar-refractivity contribution in [3.8, 4) is 5.75 Å². The summed E-state index contributed by atoms with van der Waals surface area (Å²) < 4.78 is 5.08. The van der Waals surface area contributed by atoms with Crippen LogP contribution < -0.4 is 4.74 Å². The van der Waals surface area contributed by atoms with Crippen LogP contribution in [0.1, 0.15) is 15.9 Å². The molecule has 0 aliphatic heterocycles. The van der Waals surface area contributed by atoms with E-state index in [4.69, 9.17) is 9.84 Å². The second-order valence-corrected chi connectivity index (χ2v) is 3.76. The lowest BCUT2D eigenvalue weighted by atomic mass is 10.1. The highest BCUT2D eigenvalue weighted by Crippen LogP contribution is 2.20. The molecule has 1 aromatic carbocycles. The Hall–Kier alpha value is -2.04. The first-order valence-electron chi connectivity index (χ1n) is 5.07. The molecule has 0 aliphatic rings. The third-order valence-corrected chi connectivity index (χ3v) is 2.30.